The van der Waals surface area contributed by atoms with E-state index in [2.05, 4.69) is 26.1 Å². The third-order valence-corrected chi connectivity index (χ3v) is 4.40. The Balaban J connectivity index is 2.46. The molecule has 0 aliphatic rings. The van der Waals surface area contributed by atoms with Gasteiger partial charge in [0.1, 0.15) is 0 Å². The Bertz CT molecular complexity index is 657. The maximum absolute atomic E-state index is 12.9. The van der Waals surface area contributed by atoms with Crippen molar-refractivity contribution in [3.05, 3.63) is 33.6 Å². The van der Waals surface area contributed by atoms with Gasteiger partial charge in [-0.15, -0.1) is 0 Å². The summed E-state index contributed by atoms with van der Waals surface area (Å²) in [6.07, 6.45) is -4.68. The average Bonchev–Trinajstić information content (AvgIpc) is 2.84. The lowest BCUT2D eigenvalue weighted by Crippen LogP contribution is -2.47. The van der Waals surface area contributed by atoms with Crippen LogP contribution < -0.4 is 5.73 Å². The van der Waals surface area contributed by atoms with Crippen LogP contribution in [0.15, 0.2) is 21.1 Å². The van der Waals surface area contributed by atoms with E-state index in [-0.39, 0.29) is 5.82 Å². The van der Waals surface area contributed by atoms with Crippen molar-refractivity contribution in [3.63, 3.8) is 0 Å². The number of benzene rings is 1. The number of aryl methyl sites for hydroxylation is 2. The van der Waals surface area contributed by atoms with E-state index in [1.165, 1.54) is 0 Å². The van der Waals surface area contributed by atoms with Crippen LogP contribution in [-0.2, 0) is 5.54 Å². The Kier molecular flexibility index (Phi) is 3.88. The first-order chi connectivity index (χ1) is 9.54. The fraction of sp³-hybridized carbons (Fsp3) is 0.385. The summed E-state index contributed by atoms with van der Waals surface area (Å²) in [6, 6.07) is 3.51. The summed E-state index contributed by atoms with van der Waals surface area (Å²) in [6.45, 7) is 4.52. The minimum absolute atomic E-state index is 0.0737. The molecule has 0 fully saturated rings. The largest absolute Gasteiger partial charge is 0.415 e. The number of hydrogen-bond donors (Lipinski definition) is 1. The summed E-state index contributed by atoms with van der Waals surface area (Å²) in [5, 5.41) is 3.60. The molecule has 0 aliphatic carbocycles. The van der Waals surface area contributed by atoms with Gasteiger partial charge in [0.15, 0.2) is 5.54 Å². The van der Waals surface area contributed by atoms with E-state index in [9.17, 15) is 13.2 Å². The number of rotatable bonds is 2. The molecule has 8 heteroatoms. The quantitative estimate of drug-likeness (QED) is 0.879. The van der Waals surface area contributed by atoms with Gasteiger partial charge in [0.05, 0.1) is 0 Å². The molecule has 0 spiro atoms. The van der Waals surface area contributed by atoms with Crippen LogP contribution in [0.3, 0.4) is 0 Å². The zero-order chi connectivity index (χ0) is 16.0. The average molecular weight is 364 g/mol. The van der Waals surface area contributed by atoms with Gasteiger partial charge < -0.3 is 10.3 Å². The fourth-order valence-electron chi connectivity index (χ4n) is 1.75. The number of halogens is 4. The van der Waals surface area contributed by atoms with Crippen LogP contribution >= 0.6 is 15.9 Å². The lowest BCUT2D eigenvalue weighted by Gasteiger charge is -2.22. The Morgan fingerprint density at radius 1 is 1.19 bits per heavy atom. The number of nitrogens with two attached hydrogens (primary N) is 1. The molecule has 1 heterocycles. The van der Waals surface area contributed by atoms with Crippen molar-refractivity contribution in [3.8, 4) is 11.4 Å². The third kappa shape index (κ3) is 2.82. The van der Waals surface area contributed by atoms with Gasteiger partial charge >= 0.3 is 6.18 Å². The van der Waals surface area contributed by atoms with E-state index in [4.69, 9.17) is 10.3 Å². The molecule has 2 aromatic rings. The smallest absolute Gasteiger partial charge is 0.337 e. The lowest BCUT2D eigenvalue weighted by molar-refractivity contribution is -0.190. The standard InChI is InChI=1S/C13H13BrF3N3O/c1-6-4-8(5-7(2)9(6)14)10-19-11(21-20-10)12(3,18)13(15,16)17/h4-5H,18H2,1-3H3. The molecule has 21 heavy (non-hydrogen) atoms. The van der Waals surface area contributed by atoms with E-state index < -0.39 is 17.6 Å². The monoisotopic (exact) mass is 363 g/mol. The van der Waals surface area contributed by atoms with Crippen LogP contribution in [0.25, 0.3) is 11.4 Å². The van der Waals surface area contributed by atoms with E-state index in [1.54, 1.807) is 12.1 Å². The van der Waals surface area contributed by atoms with Crippen molar-refractivity contribution in [1.29, 1.82) is 0 Å². The first-order valence-corrected chi connectivity index (χ1v) is 6.80. The molecule has 1 aromatic heterocycles. The normalized spacial score (nSPS) is 15.0. The van der Waals surface area contributed by atoms with Crippen molar-refractivity contribution in [2.45, 2.75) is 32.5 Å². The predicted molar refractivity (Wildman–Crippen MR) is 74.5 cm³/mol. The lowest BCUT2D eigenvalue weighted by atomic mass is 10.0. The molecule has 1 unspecified atom stereocenters. The Morgan fingerprint density at radius 2 is 1.71 bits per heavy atom. The Morgan fingerprint density at radius 3 is 2.19 bits per heavy atom. The van der Waals surface area contributed by atoms with Crippen LogP contribution in [0.2, 0.25) is 0 Å². The van der Waals surface area contributed by atoms with E-state index >= 15 is 0 Å². The second-order valence-corrected chi connectivity index (χ2v) is 5.84. The minimum atomic E-state index is -4.68. The van der Waals surface area contributed by atoms with Crippen molar-refractivity contribution in [1.82, 2.24) is 10.1 Å². The van der Waals surface area contributed by atoms with Crippen LogP contribution in [-0.4, -0.2) is 16.3 Å². The highest BCUT2D eigenvalue weighted by Gasteiger charge is 2.53. The SMILES string of the molecule is Cc1cc(-c2noc(C(C)(N)C(F)(F)F)n2)cc(C)c1Br. The summed E-state index contributed by atoms with van der Waals surface area (Å²) >= 11 is 3.42. The number of nitrogens with zero attached hydrogens (tertiary/aromatic N) is 2. The van der Waals surface area contributed by atoms with Gasteiger partial charge in [-0.05, 0) is 44.0 Å². The molecule has 2 N–H and O–H groups in total. The van der Waals surface area contributed by atoms with Crippen molar-refractivity contribution < 1.29 is 17.7 Å². The maximum atomic E-state index is 12.9. The van der Waals surface area contributed by atoms with Crippen LogP contribution in [0.4, 0.5) is 13.2 Å². The minimum Gasteiger partial charge on any atom is -0.337 e. The van der Waals surface area contributed by atoms with Gasteiger partial charge in [0.2, 0.25) is 5.82 Å². The van der Waals surface area contributed by atoms with Gasteiger partial charge in [-0.1, -0.05) is 21.1 Å². The Hall–Kier alpha value is -1.41. The summed E-state index contributed by atoms with van der Waals surface area (Å²) in [5.41, 5.74) is 4.99. The zero-order valence-electron chi connectivity index (χ0n) is 11.5. The number of hydrogen-bond acceptors (Lipinski definition) is 4. The van der Waals surface area contributed by atoms with Crippen molar-refractivity contribution in [2.75, 3.05) is 0 Å². The van der Waals surface area contributed by atoms with Crippen LogP contribution in [0, 0.1) is 13.8 Å². The van der Waals surface area contributed by atoms with Gasteiger partial charge in [-0.25, -0.2) is 0 Å². The molecule has 2 rings (SSSR count). The molecule has 0 radical (unpaired) electrons. The zero-order valence-corrected chi connectivity index (χ0v) is 13.1. The van der Waals surface area contributed by atoms with Crippen molar-refractivity contribution >= 4 is 15.9 Å². The highest BCUT2D eigenvalue weighted by Crippen LogP contribution is 2.36. The predicted octanol–water partition coefficient (Wildman–Crippen LogP) is 3.85. The molecule has 1 aromatic carbocycles. The van der Waals surface area contributed by atoms with Gasteiger partial charge in [0.25, 0.3) is 5.89 Å². The van der Waals surface area contributed by atoms with Gasteiger partial charge in [-0.2, -0.15) is 18.2 Å². The molecule has 0 amide bonds. The number of aromatic nitrogens is 2. The third-order valence-electron chi connectivity index (χ3n) is 3.15. The molecular weight excluding hydrogens is 351 g/mol. The summed E-state index contributed by atoms with van der Waals surface area (Å²) in [5.74, 6) is -0.590. The second kappa shape index (κ2) is 5.10. The molecule has 0 bridgehead atoms. The molecule has 0 saturated heterocycles. The van der Waals surface area contributed by atoms with Gasteiger partial charge in [-0.3, -0.25) is 0 Å². The summed E-state index contributed by atoms with van der Waals surface area (Å²) in [4.78, 5) is 3.79. The number of alkyl halides is 3. The molecule has 4 nitrogen and oxygen atoms in total. The van der Waals surface area contributed by atoms with Crippen LogP contribution in [0.1, 0.15) is 23.9 Å². The molecule has 1 atom stereocenters. The fourth-order valence-corrected chi connectivity index (χ4v) is 1.98. The first kappa shape index (κ1) is 16.0. The second-order valence-electron chi connectivity index (χ2n) is 5.05. The maximum Gasteiger partial charge on any atom is 0.415 e. The van der Waals surface area contributed by atoms with E-state index in [0.29, 0.717) is 5.56 Å². The van der Waals surface area contributed by atoms with Gasteiger partial charge in [0, 0.05) is 10.0 Å². The first-order valence-electron chi connectivity index (χ1n) is 6.01. The highest BCUT2D eigenvalue weighted by atomic mass is 79.9. The Labute approximate surface area is 127 Å². The molecule has 0 aliphatic heterocycles. The molecular formula is C13H13BrF3N3O. The topological polar surface area (TPSA) is 64.9 Å². The highest BCUT2D eigenvalue weighted by molar-refractivity contribution is 9.10. The molecule has 0 saturated carbocycles. The van der Waals surface area contributed by atoms with Crippen LogP contribution in [0.5, 0.6) is 0 Å². The summed E-state index contributed by atoms with van der Waals surface area (Å²) in [7, 11) is 0. The van der Waals surface area contributed by atoms with Crippen molar-refractivity contribution in [2.24, 2.45) is 5.73 Å². The molecule has 114 valence electrons. The van der Waals surface area contributed by atoms with E-state index in [0.717, 1.165) is 22.5 Å². The van der Waals surface area contributed by atoms with E-state index in [1.807, 2.05) is 13.8 Å². The summed E-state index contributed by atoms with van der Waals surface area (Å²) < 4.78 is 44.2.